The fourth-order valence-electron chi connectivity index (χ4n) is 3.13. The van der Waals surface area contributed by atoms with Gasteiger partial charge in [-0.05, 0) is 30.7 Å². The first-order valence-corrected chi connectivity index (χ1v) is 9.13. The molecule has 0 saturated heterocycles. The second kappa shape index (κ2) is 7.57. The predicted octanol–water partition coefficient (Wildman–Crippen LogP) is 2.87. The first kappa shape index (κ1) is 17.2. The van der Waals surface area contributed by atoms with Crippen LogP contribution in [0.15, 0.2) is 48.7 Å². The molecule has 0 saturated carbocycles. The summed E-state index contributed by atoms with van der Waals surface area (Å²) >= 11 is 0. The second-order valence-electron chi connectivity index (χ2n) is 6.39. The Labute approximate surface area is 157 Å². The second-order valence-corrected chi connectivity index (χ2v) is 6.39. The number of carbonyl (C=O) groups excluding carboxylic acids is 1. The van der Waals surface area contributed by atoms with Gasteiger partial charge in [-0.1, -0.05) is 25.5 Å². The largest absolute Gasteiger partial charge is 0.471 e. The van der Waals surface area contributed by atoms with Gasteiger partial charge in [-0.2, -0.15) is 5.10 Å². The molecule has 0 N–H and O–H groups in total. The number of amides is 1. The van der Waals surface area contributed by atoms with Crippen LogP contribution in [-0.4, -0.2) is 32.2 Å². The van der Waals surface area contributed by atoms with E-state index in [0.29, 0.717) is 36.2 Å². The van der Waals surface area contributed by atoms with Crippen molar-refractivity contribution in [2.24, 2.45) is 0 Å². The van der Waals surface area contributed by atoms with Crippen molar-refractivity contribution in [2.75, 3.05) is 11.4 Å². The number of aromatic nitrogens is 4. The van der Waals surface area contributed by atoms with Crippen LogP contribution >= 0.6 is 0 Å². The Morgan fingerprint density at radius 1 is 1.11 bits per heavy atom. The molecule has 7 heteroatoms. The van der Waals surface area contributed by atoms with Crippen LogP contribution in [0.25, 0.3) is 0 Å². The number of hydrogen-bond donors (Lipinski definition) is 0. The number of ether oxygens (including phenoxy) is 1. The van der Waals surface area contributed by atoms with Crippen molar-refractivity contribution >= 4 is 11.7 Å². The highest BCUT2D eigenvalue weighted by Gasteiger charge is 2.28. The van der Waals surface area contributed by atoms with Gasteiger partial charge >= 0.3 is 0 Å². The molecule has 0 unspecified atom stereocenters. The number of pyridine rings is 2. The lowest BCUT2D eigenvalue weighted by Crippen LogP contribution is -2.41. The summed E-state index contributed by atoms with van der Waals surface area (Å²) in [4.78, 5) is 23.4. The maximum absolute atomic E-state index is 12.9. The summed E-state index contributed by atoms with van der Waals surface area (Å²) in [5.74, 6) is 1.15. The molecule has 27 heavy (non-hydrogen) atoms. The third kappa shape index (κ3) is 3.67. The Bertz CT molecular complexity index is 939. The van der Waals surface area contributed by atoms with Crippen LogP contribution in [0.3, 0.4) is 0 Å². The summed E-state index contributed by atoms with van der Waals surface area (Å²) in [6.45, 7) is 3.57. The van der Waals surface area contributed by atoms with E-state index in [-0.39, 0.29) is 12.5 Å². The SMILES string of the molecule is CCCc1cccc(N2CCn3nc(COc4ccccn4)cc3C2=O)n1. The number of fused-ring (bicyclic) bond motifs is 1. The van der Waals surface area contributed by atoms with E-state index < -0.39 is 0 Å². The first-order chi connectivity index (χ1) is 13.2. The Morgan fingerprint density at radius 2 is 2.04 bits per heavy atom. The number of anilines is 1. The van der Waals surface area contributed by atoms with Crippen molar-refractivity contribution in [1.29, 1.82) is 0 Å². The molecule has 4 heterocycles. The fourth-order valence-corrected chi connectivity index (χ4v) is 3.13. The molecule has 0 atom stereocenters. The molecule has 0 aliphatic carbocycles. The van der Waals surface area contributed by atoms with Crippen LogP contribution in [0, 0.1) is 0 Å². The molecule has 3 aromatic heterocycles. The molecule has 0 fully saturated rings. The van der Waals surface area contributed by atoms with E-state index >= 15 is 0 Å². The van der Waals surface area contributed by atoms with Crippen LogP contribution in [0.5, 0.6) is 5.88 Å². The molecule has 0 aromatic carbocycles. The maximum atomic E-state index is 12.9. The Balaban J connectivity index is 1.50. The molecule has 1 aliphatic heterocycles. The first-order valence-electron chi connectivity index (χ1n) is 9.13. The summed E-state index contributed by atoms with van der Waals surface area (Å²) in [7, 11) is 0. The van der Waals surface area contributed by atoms with E-state index in [4.69, 9.17) is 4.74 Å². The quantitative estimate of drug-likeness (QED) is 0.673. The van der Waals surface area contributed by atoms with E-state index in [1.165, 1.54) is 0 Å². The minimum atomic E-state index is -0.0843. The number of carbonyl (C=O) groups is 1. The standard InChI is InChI=1S/C20H21N5O2/c1-2-6-15-7-5-8-18(22-15)24-11-12-25-17(20(24)26)13-16(23-25)14-27-19-9-3-4-10-21-19/h3-5,7-10,13H,2,6,11-12,14H2,1H3. The van der Waals surface area contributed by atoms with E-state index in [0.717, 1.165) is 18.5 Å². The van der Waals surface area contributed by atoms with Gasteiger partial charge in [-0.25, -0.2) is 9.97 Å². The van der Waals surface area contributed by atoms with Crippen LogP contribution in [0.4, 0.5) is 5.82 Å². The lowest BCUT2D eigenvalue weighted by atomic mass is 10.2. The van der Waals surface area contributed by atoms with Crippen LogP contribution in [-0.2, 0) is 19.6 Å². The van der Waals surface area contributed by atoms with Gasteiger partial charge < -0.3 is 4.74 Å². The molecule has 3 aromatic rings. The number of aryl methyl sites for hydroxylation is 1. The zero-order valence-corrected chi connectivity index (χ0v) is 15.2. The Kier molecular flexibility index (Phi) is 4.82. The van der Waals surface area contributed by atoms with Crippen molar-refractivity contribution in [3.8, 4) is 5.88 Å². The van der Waals surface area contributed by atoms with Gasteiger partial charge in [0.05, 0.1) is 6.54 Å². The number of hydrogen-bond acceptors (Lipinski definition) is 5. The highest BCUT2D eigenvalue weighted by molar-refractivity contribution is 6.05. The zero-order valence-electron chi connectivity index (χ0n) is 15.2. The topological polar surface area (TPSA) is 73.1 Å². The normalized spacial score (nSPS) is 13.5. The lowest BCUT2D eigenvalue weighted by molar-refractivity contribution is 0.0961. The van der Waals surface area contributed by atoms with Crippen LogP contribution in [0.1, 0.15) is 35.2 Å². The molecule has 4 rings (SSSR count). The highest BCUT2D eigenvalue weighted by Crippen LogP contribution is 2.21. The molecule has 138 valence electrons. The predicted molar refractivity (Wildman–Crippen MR) is 101 cm³/mol. The molecule has 0 bridgehead atoms. The summed E-state index contributed by atoms with van der Waals surface area (Å²) in [5.41, 5.74) is 2.27. The third-order valence-electron chi connectivity index (χ3n) is 4.41. The Morgan fingerprint density at radius 3 is 2.85 bits per heavy atom. The summed E-state index contributed by atoms with van der Waals surface area (Å²) in [6.07, 6.45) is 3.61. The summed E-state index contributed by atoms with van der Waals surface area (Å²) in [5, 5.41) is 4.49. The monoisotopic (exact) mass is 363 g/mol. The van der Waals surface area contributed by atoms with Crippen molar-refractivity contribution < 1.29 is 9.53 Å². The van der Waals surface area contributed by atoms with Crippen molar-refractivity contribution in [3.05, 3.63) is 65.7 Å². The van der Waals surface area contributed by atoms with E-state index in [1.807, 2.05) is 30.3 Å². The molecule has 7 nitrogen and oxygen atoms in total. The van der Waals surface area contributed by atoms with Crippen molar-refractivity contribution in [2.45, 2.75) is 32.9 Å². The average molecular weight is 363 g/mol. The minimum Gasteiger partial charge on any atom is -0.471 e. The maximum Gasteiger partial charge on any atom is 0.277 e. The van der Waals surface area contributed by atoms with E-state index in [1.54, 1.807) is 27.9 Å². The zero-order chi connectivity index (χ0) is 18.6. The van der Waals surface area contributed by atoms with Gasteiger partial charge in [0, 0.05) is 24.5 Å². The number of rotatable bonds is 6. The molecule has 0 spiro atoms. The number of nitrogens with zero attached hydrogens (tertiary/aromatic N) is 5. The molecule has 1 amide bonds. The smallest absolute Gasteiger partial charge is 0.277 e. The molecule has 1 aliphatic rings. The molecular formula is C20H21N5O2. The third-order valence-corrected chi connectivity index (χ3v) is 4.41. The van der Waals surface area contributed by atoms with E-state index in [2.05, 4.69) is 22.0 Å². The summed E-state index contributed by atoms with van der Waals surface area (Å²) in [6, 6.07) is 13.1. The molecule has 0 radical (unpaired) electrons. The van der Waals surface area contributed by atoms with E-state index in [9.17, 15) is 4.79 Å². The van der Waals surface area contributed by atoms with Gasteiger partial charge in [-0.3, -0.25) is 14.4 Å². The lowest BCUT2D eigenvalue weighted by Gasteiger charge is -2.26. The minimum absolute atomic E-state index is 0.0843. The Hall–Kier alpha value is -3.22. The highest BCUT2D eigenvalue weighted by atomic mass is 16.5. The molecular weight excluding hydrogens is 342 g/mol. The van der Waals surface area contributed by atoms with Gasteiger partial charge in [0.25, 0.3) is 5.91 Å². The summed E-state index contributed by atoms with van der Waals surface area (Å²) < 4.78 is 7.38. The van der Waals surface area contributed by atoms with Crippen molar-refractivity contribution in [3.63, 3.8) is 0 Å². The van der Waals surface area contributed by atoms with Gasteiger partial charge in [0.2, 0.25) is 5.88 Å². The average Bonchev–Trinajstić information content (AvgIpc) is 3.12. The van der Waals surface area contributed by atoms with Crippen molar-refractivity contribution in [1.82, 2.24) is 19.7 Å². The van der Waals surface area contributed by atoms with Crippen LogP contribution < -0.4 is 9.64 Å². The van der Waals surface area contributed by atoms with Gasteiger partial charge in [0.15, 0.2) is 0 Å². The van der Waals surface area contributed by atoms with Gasteiger partial charge in [-0.15, -0.1) is 0 Å². The van der Waals surface area contributed by atoms with Gasteiger partial charge in [0.1, 0.15) is 23.8 Å². The van der Waals surface area contributed by atoms with Crippen LogP contribution in [0.2, 0.25) is 0 Å². The fraction of sp³-hybridized carbons (Fsp3) is 0.300.